The van der Waals surface area contributed by atoms with Gasteiger partial charge in [0.2, 0.25) is 0 Å². The molecular weight excluding hydrogens is 400 g/mol. The highest BCUT2D eigenvalue weighted by Crippen LogP contribution is 2.40. The van der Waals surface area contributed by atoms with E-state index >= 15 is 0 Å². The first-order valence-electron chi connectivity index (χ1n) is 13.7. The maximum absolute atomic E-state index is 11.9. The number of aliphatic hydroxyl groups excluding tert-OH is 1. The molecule has 4 atom stereocenters. The van der Waals surface area contributed by atoms with Crippen LogP contribution in [0.3, 0.4) is 0 Å². The SMILES string of the molecule is CC.CCCCCCCCCCC1CCC2OC(=O)CCC/C=C\CC12.CCOC(C)O. The summed E-state index contributed by atoms with van der Waals surface area (Å²) in [5, 5.41) is 8.33. The summed E-state index contributed by atoms with van der Waals surface area (Å²) < 4.78 is 10.4. The Labute approximate surface area is 199 Å². The van der Waals surface area contributed by atoms with Gasteiger partial charge in [0.05, 0.1) is 0 Å². The summed E-state index contributed by atoms with van der Waals surface area (Å²) in [4.78, 5) is 11.9. The topological polar surface area (TPSA) is 55.8 Å². The standard InChI is InChI=1S/C22H38O2.C4H10O2.C2H6/c1-2-3-4-5-6-7-8-11-14-19-17-18-21-20(19)15-12-9-10-13-16-22(23)24-21;1-3-6-4(2)5;1-2/h9,12,19-21H,2-8,10-11,13-18H2,1H3;4-5H,3H2,1-2H3;1-2H3/b12-9-;;. The number of hydrogen-bond donors (Lipinski definition) is 1. The number of fused-ring (bicyclic) bond motifs is 1. The zero-order valence-electron chi connectivity index (χ0n) is 21.9. The van der Waals surface area contributed by atoms with Gasteiger partial charge in [-0.25, -0.2) is 0 Å². The molecule has 1 saturated carbocycles. The van der Waals surface area contributed by atoms with Crippen molar-refractivity contribution in [2.75, 3.05) is 6.61 Å². The second kappa shape index (κ2) is 21.9. The van der Waals surface area contributed by atoms with Gasteiger partial charge in [-0.3, -0.25) is 4.79 Å². The van der Waals surface area contributed by atoms with Crippen LogP contribution in [0.2, 0.25) is 0 Å². The monoisotopic (exact) mass is 454 g/mol. The normalized spacial score (nSPS) is 24.7. The maximum Gasteiger partial charge on any atom is 0.306 e. The van der Waals surface area contributed by atoms with Crippen LogP contribution in [0, 0.1) is 11.8 Å². The summed E-state index contributed by atoms with van der Waals surface area (Å²) in [5.74, 6) is 1.38. The fraction of sp³-hybridized carbons (Fsp3) is 0.893. The van der Waals surface area contributed by atoms with Crippen LogP contribution >= 0.6 is 0 Å². The number of ether oxygens (including phenoxy) is 2. The Kier molecular flexibility index (Phi) is 21.4. The number of unbranched alkanes of at least 4 members (excludes halogenated alkanes) is 7. The quantitative estimate of drug-likeness (QED) is 0.149. The van der Waals surface area contributed by atoms with E-state index in [2.05, 4.69) is 23.8 Å². The van der Waals surface area contributed by atoms with Crippen molar-refractivity contribution < 1.29 is 19.4 Å². The lowest BCUT2D eigenvalue weighted by Gasteiger charge is -2.24. The third-order valence-corrected chi connectivity index (χ3v) is 6.35. The summed E-state index contributed by atoms with van der Waals surface area (Å²) in [5.41, 5.74) is 0. The second-order valence-corrected chi connectivity index (χ2v) is 8.95. The molecule has 4 heteroatoms. The first-order valence-corrected chi connectivity index (χ1v) is 13.7. The van der Waals surface area contributed by atoms with Crippen molar-refractivity contribution in [1.29, 1.82) is 0 Å². The molecule has 4 unspecified atom stereocenters. The lowest BCUT2D eigenvalue weighted by Crippen LogP contribution is -2.25. The maximum atomic E-state index is 11.9. The molecule has 0 aromatic rings. The van der Waals surface area contributed by atoms with E-state index in [4.69, 9.17) is 9.84 Å². The molecule has 190 valence electrons. The number of carbonyl (C=O) groups is 1. The third-order valence-electron chi connectivity index (χ3n) is 6.35. The predicted molar refractivity (Wildman–Crippen MR) is 136 cm³/mol. The highest BCUT2D eigenvalue weighted by Gasteiger charge is 2.37. The molecule has 0 aromatic heterocycles. The summed E-state index contributed by atoms with van der Waals surface area (Å²) in [6.45, 7) is 10.3. The Hall–Kier alpha value is -0.870. The van der Waals surface area contributed by atoms with E-state index < -0.39 is 6.29 Å². The van der Waals surface area contributed by atoms with Crippen molar-refractivity contribution in [3.63, 3.8) is 0 Å². The Balaban J connectivity index is 0.00000104. The van der Waals surface area contributed by atoms with E-state index in [-0.39, 0.29) is 12.1 Å². The van der Waals surface area contributed by atoms with Gasteiger partial charge in [0.1, 0.15) is 6.10 Å². The number of esters is 1. The summed E-state index contributed by atoms with van der Waals surface area (Å²) in [6, 6.07) is 0. The molecule has 1 aliphatic carbocycles. The van der Waals surface area contributed by atoms with Crippen LogP contribution in [-0.4, -0.2) is 30.1 Å². The predicted octanol–water partition coefficient (Wildman–Crippen LogP) is 7.97. The Bertz CT molecular complexity index is 447. The smallest absolute Gasteiger partial charge is 0.306 e. The van der Waals surface area contributed by atoms with E-state index in [9.17, 15) is 4.79 Å². The van der Waals surface area contributed by atoms with Crippen molar-refractivity contribution in [2.24, 2.45) is 11.8 Å². The Morgan fingerprint density at radius 2 is 1.69 bits per heavy atom. The molecule has 0 saturated heterocycles. The lowest BCUT2D eigenvalue weighted by molar-refractivity contribution is -0.151. The van der Waals surface area contributed by atoms with Crippen LogP contribution in [-0.2, 0) is 14.3 Å². The molecule has 1 heterocycles. The van der Waals surface area contributed by atoms with Gasteiger partial charge in [0, 0.05) is 18.9 Å². The van der Waals surface area contributed by atoms with Gasteiger partial charge in [-0.1, -0.05) is 90.7 Å². The zero-order valence-corrected chi connectivity index (χ0v) is 21.9. The van der Waals surface area contributed by atoms with Gasteiger partial charge in [0.25, 0.3) is 0 Å². The van der Waals surface area contributed by atoms with Gasteiger partial charge in [0.15, 0.2) is 6.29 Å². The first-order chi connectivity index (χ1) is 15.6. The van der Waals surface area contributed by atoms with Crippen molar-refractivity contribution in [3.8, 4) is 0 Å². The van der Waals surface area contributed by atoms with Gasteiger partial charge < -0.3 is 14.6 Å². The number of allylic oxidation sites excluding steroid dienone is 2. The number of hydrogen-bond acceptors (Lipinski definition) is 4. The summed E-state index contributed by atoms with van der Waals surface area (Å²) in [6.07, 6.45) is 22.7. The van der Waals surface area contributed by atoms with Crippen LogP contribution in [0.4, 0.5) is 0 Å². The van der Waals surface area contributed by atoms with Crippen molar-refractivity contribution >= 4 is 5.97 Å². The van der Waals surface area contributed by atoms with Gasteiger partial charge in [-0.05, 0) is 51.9 Å². The van der Waals surface area contributed by atoms with Crippen LogP contribution < -0.4 is 0 Å². The van der Waals surface area contributed by atoms with Crippen LogP contribution in [0.1, 0.15) is 131 Å². The Morgan fingerprint density at radius 3 is 2.28 bits per heavy atom. The molecule has 0 radical (unpaired) electrons. The largest absolute Gasteiger partial charge is 0.462 e. The fourth-order valence-corrected chi connectivity index (χ4v) is 4.70. The average Bonchev–Trinajstić information content (AvgIpc) is 3.15. The van der Waals surface area contributed by atoms with E-state index in [1.807, 2.05) is 20.8 Å². The molecule has 32 heavy (non-hydrogen) atoms. The lowest BCUT2D eigenvalue weighted by atomic mass is 9.87. The number of carbonyl (C=O) groups excluding carboxylic acids is 1. The van der Waals surface area contributed by atoms with Crippen LogP contribution in [0.15, 0.2) is 12.2 Å². The van der Waals surface area contributed by atoms with Crippen molar-refractivity contribution in [2.45, 2.75) is 143 Å². The zero-order chi connectivity index (χ0) is 24.0. The molecule has 0 aromatic carbocycles. The highest BCUT2D eigenvalue weighted by atomic mass is 16.6. The second-order valence-electron chi connectivity index (χ2n) is 8.95. The Morgan fingerprint density at radius 1 is 1.03 bits per heavy atom. The molecule has 4 nitrogen and oxygen atoms in total. The fourth-order valence-electron chi connectivity index (χ4n) is 4.70. The van der Waals surface area contributed by atoms with Gasteiger partial charge in [-0.2, -0.15) is 0 Å². The van der Waals surface area contributed by atoms with Crippen molar-refractivity contribution in [1.82, 2.24) is 0 Å². The summed E-state index contributed by atoms with van der Waals surface area (Å²) >= 11 is 0. The number of rotatable bonds is 11. The molecule has 0 spiro atoms. The molecule has 0 bridgehead atoms. The number of aliphatic hydroxyl groups is 1. The van der Waals surface area contributed by atoms with Crippen LogP contribution in [0.25, 0.3) is 0 Å². The van der Waals surface area contributed by atoms with Gasteiger partial charge in [-0.15, -0.1) is 0 Å². The van der Waals surface area contributed by atoms with E-state index in [0.717, 1.165) is 31.6 Å². The third kappa shape index (κ3) is 15.9. The average molecular weight is 455 g/mol. The minimum atomic E-state index is -0.602. The molecule has 1 aliphatic heterocycles. The minimum absolute atomic E-state index is 0.0352. The molecule has 0 amide bonds. The van der Waals surface area contributed by atoms with Crippen LogP contribution in [0.5, 0.6) is 0 Å². The minimum Gasteiger partial charge on any atom is -0.462 e. The molecule has 1 fully saturated rings. The summed E-state index contributed by atoms with van der Waals surface area (Å²) in [7, 11) is 0. The van der Waals surface area contributed by atoms with E-state index in [1.165, 1.54) is 64.2 Å². The first kappa shape index (κ1) is 31.1. The van der Waals surface area contributed by atoms with Crippen molar-refractivity contribution in [3.05, 3.63) is 12.2 Å². The molecule has 2 aliphatic rings. The van der Waals surface area contributed by atoms with E-state index in [0.29, 0.717) is 18.9 Å². The molecular formula is C28H54O4. The highest BCUT2D eigenvalue weighted by molar-refractivity contribution is 5.69. The molecule has 1 N–H and O–H groups in total. The van der Waals surface area contributed by atoms with Gasteiger partial charge >= 0.3 is 5.97 Å². The van der Waals surface area contributed by atoms with E-state index in [1.54, 1.807) is 6.92 Å². The molecule has 2 rings (SSSR count).